The zero-order valence-electron chi connectivity index (χ0n) is 18.7. The number of hydrogen-bond acceptors (Lipinski definition) is 5. The number of likely N-dealkylation sites (tertiary alicyclic amines) is 1. The van der Waals surface area contributed by atoms with Gasteiger partial charge in [0.2, 0.25) is 10.0 Å². The van der Waals surface area contributed by atoms with Crippen LogP contribution in [0.5, 0.6) is 0 Å². The Labute approximate surface area is 213 Å². The van der Waals surface area contributed by atoms with E-state index < -0.39 is 10.0 Å². The number of rotatable bonds is 4. The van der Waals surface area contributed by atoms with Crippen LogP contribution in [0.2, 0.25) is 10.0 Å². The number of aliphatic hydroxyl groups excluding tert-OH is 1. The minimum atomic E-state index is -3.92. The summed E-state index contributed by atoms with van der Waals surface area (Å²) in [6.07, 6.45) is 1.30. The molecule has 2 N–H and O–H groups in total. The number of benzene rings is 2. The van der Waals surface area contributed by atoms with E-state index in [4.69, 9.17) is 23.2 Å². The summed E-state index contributed by atoms with van der Waals surface area (Å²) in [7, 11) is -3.92. The first-order valence-corrected chi connectivity index (χ1v) is 13.5. The Morgan fingerprint density at radius 1 is 1.03 bits per heavy atom. The van der Waals surface area contributed by atoms with Crippen LogP contribution >= 0.6 is 23.2 Å². The lowest BCUT2D eigenvalue weighted by Crippen LogP contribution is -2.40. The molecule has 1 saturated heterocycles. The quantitative estimate of drug-likeness (QED) is 0.530. The highest BCUT2D eigenvalue weighted by Gasteiger charge is 2.34. The van der Waals surface area contributed by atoms with Crippen LogP contribution in [0, 0.1) is 0 Å². The highest BCUT2D eigenvalue weighted by molar-refractivity contribution is 7.89. The number of sulfonamides is 1. The van der Waals surface area contributed by atoms with E-state index in [-0.39, 0.29) is 40.0 Å². The average molecular weight is 535 g/mol. The maximum absolute atomic E-state index is 13.4. The summed E-state index contributed by atoms with van der Waals surface area (Å²) < 4.78 is 28.1. The molecule has 5 rings (SSSR count). The fourth-order valence-electron chi connectivity index (χ4n) is 4.59. The van der Waals surface area contributed by atoms with Crippen molar-refractivity contribution in [2.24, 2.45) is 0 Å². The van der Waals surface area contributed by atoms with Crippen LogP contribution in [0.4, 0.5) is 0 Å². The lowest BCUT2D eigenvalue weighted by molar-refractivity contribution is 0.0546. The third-order valence-corrected chi connectivity index (χ3v) is 9.37. The first-order valence-electron chi connectivity index (χ1n) is 11.3. The summed E-state index contributed by atoms with van der Waals surface area (Å²) in [5, 5.41) is 17.3. The van der Waals surface area contributed by atoms with E-state index in [9.17, 15) is 18.3 Å². The van der Waals surface area contributed by atoms with Crippen molar-refractivity contribution in [1.82, 2.24) is 19.4 Å². The van der Waals surface area contributed by atoms with Gasteiger partial charge in [0.25, 0.3) is 5.91 Å². The van der Waals surface area contributed by atoms with Gasteiger partial charge in [-0.25, -0.2) is 8.42 Å². The van der Waals surface area contributed by atoms with E-state index in [1.165, 1.54) is 16.4 Å². The van der Waals surface area contributed by atoms with Gasteiger partial charge in [0.1, 0.15) is 4.90 Å². The molecule has 2 aromatic carbocycles. The van der Waals surface area contributed by atoms with Crippen molar-refractivity contribution >= 4 is 39.1 Å². The molecule has 1 fully saturated rings. The monoisotopic (exact) mass is 534 g/mol. The molecule has 2 aliphatic rings. The zero-order chi connectivity index (χ0) is 24.7. The van der Waals surface area contributed by atoms with Crippen molar-refractivity contribution in [3.05, 3.63) is 69.3 Å². The number of aliphatic hydroxyl groups is 1. The SMILES string of the molecule is O=C(c1ccc(-c2n[nH]c3c2CN(S(=O)(=O)c2c(Cl)cccc2Cl)CC3)cc1)N1CCC(O)CC1. The summed E-state index contributed by atoms with van der Waals surface area (Å²) in [5.41, 5.74) is 3.65. The van der Waals surface area contributed by atoms with Crippen molar-refractivity contribution in [3.63, 3.8) is 0 Å². The van der Waals surface area contributed by atoms with Crippen LogP contribution in [-0.2, 0) is 23.0 Å². The van der Waals surface area contributed by atoms with Crippen LogP contribution in [0.1, 0.15) is 34.5 Å². The predicted octanol–water partition coefficient (Wildman–Crippen LogP) is 3.73. The Morgan fingerprint density at radius 3 is 2.34 bits per heavy atom. The van der Waals surface area contributed by atoms with Crippen molar-refractivity contribution < 1.29 is 18.3 Å². The number of carbonyl (C=O) groups excluding carboxylic acids is 1. The molecule has 0 aliphatic carbocycles. The second-order valence-electron chi connectivity index (χ2n) is 8.77. The number of fused-ring (bicyclic) bond motifs is 1. The minimum absolute atomic E-state index is 0.0682. The molecule has 1 aromatic heterocycles. The van der Waals surface area contributed by atoms with Gasteiger partial charge in [0, 0.05) is 55.0 Å². The topological polar surface area (TPSA) is 107 Å². The molecule has 0 bridgehead atoms. The third-order valence-electron chi connectivity index (χ3n) is 6.57. The van der Waals surface area contributed by atoms with Crippen LogP contribution in [0.3, 0.4) is 0 Å². The number of carbonyl (C=O) groups is 1. The number of piperidine rings is 1. The predicted molar refractivity (Wildman–Crippen MR) is 133 cm³/mol. The number of H-pyrrole nitrogens is 1. The van der Waals surface area contributed by atoms with Crippen molar-refractivity contribution in [1.29, 1.82) is 0 Å². The molecular weight excluding hydrogens is 511 g/mol. The zero-order valence-corrected chi connectivity index (χ0v) is 21.1. The van der Waals surface area contributed by atoms with Gasteiger partial charge in [-0.3, -0.25) is 9.89 Å². The molecular formula is C24H24Cl2N4O4S. The summed E-state index contributed by atoms with van der Waals surface area (Å²) in [5.74, 6) is -0.0682. The van der Waals surface area contributed by atoms with E-state index in [1.54, 1.807) is 23.1 Å². The smallest absolute Gasteiger partial charge is 0.253 e. The van der Waals surface area contributed by atoms with Crippen LogP contribution in [-0.4, -0.2) is 64.6 Å². The average Bonchev–Trinajstić information content (AvgIpc) is 3.27. The van der Waals surface area contributed by atoms with Crippen molar-refractivity contribution in [2.45, 2.75) is 36.8 Å². The number of nitrogens with one attached hydrogen (secondary N) is 1. The summed E-state index contributed by atoms with van der Waals surface area (Å²) in [6, 6.07) is 11.8. The van der Waals surface area contributed by atoms with E-state index in [0.29, 0.717) is 43.6 Å². The summed E-state index contributed by atoms with van der Waals surface area (Å²) in [6.45, 7) is 1.47. The van der Waals surface area contributed by atoms with Gasteiger partial charge in [0.15, 0.2) is 0 Å². The van der Waals surface area contributed by atoms with Gasteiger partial charge >= 0.3 is 0 Å². The third kappa shape index (κ3) is 4.59. The fraction of sp³-hybridized carbons (Fsp3) is 0.333. The molecule has 0 saturated carbocycles. The first kappa shape index (κ1) is 24.3. The van der Waals surface area contributed by atoms with Gasteiger partial charge < -0.3 is 10.0 Å². The van der Waals surface area contributed by atoms with E-state index in [2.05, 4.69) is 10.2 Å². The number of nitrogens with zero attached hydrogens (tertiary/aromatic N) is 3. The molecule has 1 amide bonds. The largest absolute Gasteiger partial charge is 0.393 e. The van der Waals surface area contributed by atoms with E-state index >= 15 is 0 Å². The van der Waals surface area contributed by atoms with Gasteiger partial charge in [-0.2, -0.15) is 9.40 Å². The highest BCUT2D eigenvalue weighted by Crippen LogP contribution is 2.35. The van der Waals surface area contributed by atoms with Gasteiger partial charge in [-0.05, 0) is 37.1 Å². The van der Waals surface area contributed by atoms with Crippen molar-refractivity contribution in [2.75, 3.05) is 19.6 Å². The Morgan fingerprint density at radius 2 is 1.69 bits per heavy atom. The maximum atomic E-state index is 13.4. The normalized spacial score (nSPS) is 17.4. The Hall–Kier alpha value is -2.43. The van der Waals surface area contributed by atoms with Gasteiger partial charge in [-0.15, -0.1) is 0 Å². The fourth-order valence-corrected chi connectivity index (χ4v) is 7.09. The molecule has 2 aliphatic heterocycles. The molecule has 3 heterocycles. The Bertz CT molecular complexity index is 1350. The lowest BCUT2D eigenvalue weighted by Gasteiger charge is -2.29. The second kappa shape index (κ2) is 9.55. The minimum Gasteiger partial charge on any atom is -0.393 e. The molecule has 0 radical (unpaired) electrons. The number of hydrogen-bond donors (Lipinski definition) is 2. The maximum Gasteiger partial charge on any atom is 0.253 e. The number of aromatic nitrogens is 2. The van der Waals surface area contributed by atoms with Gasteiger partial charge in [-0.1, -0.05) is 41.4 Å². The number of aromatic amines is 1. The van der Waals surface area contributed by atoms with Crippen LogP contribution < -0.4 is 0 Å². The van der Waals surface area contributed by atoms with E-state index in [0.717, 1.165) is 16.8 Å². The molecule has 184 valence electrons. The second-order valence-corrected chi connectivity index (χ2v) is 11.5. The summed E-state index contributed by atoms with van der Waals surface area (Å²) in [4.78, 5) is 14.5. The standard InChI is InChI=1S/C24H24Cl2N4O4S/c25-19-2-1-3-20(26)23(19)35(33,34)30-13-10-21-18(14-30)22(28-27-21)15-4-6-16(7-5-15)24(32)29-11-8-17(31)9-12-29/h1-7,17,31H,8-14H2,(H,27,28). The molecule has 11 heteroatoms. The van der Waals surface area contributed by atoms with E-state index in [1.807, 2.05) is 12.1 Å². The number of amides is 1. The molecule has 0 spiro atoms. The Kier molecular flexibility index (Phi) is 6.63. The highest BCUT2D eigenvalue weighted by atomic mass is 35.5. The molecule has 3 aromatic rings. The molecule has 35 heavy (non-hydrogen) atoms. The van der Waals surface area contributed by atoms with Crippen molar-refractivity contribution in [3.8, 4) is 11.3 Å². The lowest BCUT2D eigenvalue weighted by atomic mass is 10.0. The van der Waals surface area contributed by atoms with Crippen LogP contribution in [0.15, 0.2) is 47.4 Å². The number of halogens is 2. The Balaban J connectivity index is 1.39. The first-order chi connectivity index (χ1) is 16.8. The van der Waals surface area contributed by atoms with Crippen LogP contribution in [0.25, 0.3) is 11.3 Å². The molecule has 8 nitrogen and oxygen atoms in total. The molecule has 0 unspecified atom stereocenters. The van der Waals surface area contributed by atoms with Gasteiger partial charge in [0.05, 0.1) is 21.8 Å². The summed E-state index contributed by atoms with van der Waals surface area (Å²) >= 11 is 12.4. The molecule has 0 atom stereocenters.